The molecule has 0 N–H and O–H groups in total. The SMILES string of the molecule is C=C(N=Cc1ccccc1N1c2ccccc2C(C)(C)c2cc(C(C)(C)C)ccc21)c1ccccc1. The molecule has 2 heteroatoms. The lowest BCUT2D eigenvalue weighted by molar-refractivity contribution is 0.580. The van der Waals surface area contributed by atoms with E-state index in [4.69, 9.17) is 4.99 Å². The topological polar surface area (TPSA) is 15.6 Å². The summed E-state index contributed by atoms with van der Waals surface area (Å²) in [7, 11) is 0. The molecule has 2 nitrogen and oxygen atoms in total. The predicted molar refractivity (Wildman–Crippen MR) is 155 cm³/mol. The second kappa shape index (κ2) is 8.95. The Labute approximate surface area is 215 Å². The summed E-state index contributed by atoms with van der Waals surface area (Å²) in [6, 6.07) is 34.4. The van der Waals surface area contributed by atoms with Gasteiger partial charge in [0.1, 0.15) is 0 Å². The van der Waals surface area contributed by atoms with Gasteiger partial charge in [-0.3, -0.25) is 4.99 Å². The van der Waals surface area contributed by atoms with E-state index in [1.165, 1.54) is 28.1 Å². The van der Waals surface area contributed by atoms with Gasteiger partial charge in [0.15, 0.2) is 0 Å². The second-order valence-corrected chi connectivity index (χ2v) is 11.1. The van der Waals surface area contributed by atoms with Crippen molar-refractivity contribution in [1.29, 1.82) is 0 Å². The molecule has 4 aromatic carbocycles. The molecule has 0 radical (unpaired) electrons. The monoisotopic (exact) mass is 470 g/mol. The average molecular weight is 471 g/mol. The van der Waals surface area contributed by atoms with Crippen molar-refractivity contribution >= 4 is 29.0 Å². The van der Waals surface area contributed by atoms with E-state index in [9.17, 15) is 0 Å². The first-order valence-corrected chi connectivity index (χ1v) is 12.6. The Morgan fingerprint density at radius 2 is 1.36 bits per heavy atom. The quantitative estimate of drug-likeness (QED) is 0.271. The minimum absolute atomic E-state index is 0.0786. The summed E-state index contributed by atoms with van der Waals surface area (Å²) in [4.78, 5) is 7.16. The largest absolute Gasteiger partial charge is 0.309 e. The highest BCUT2D eigenvalue weighted by Crippen LogP contribution is 2.52. The minimum Gasteiger partial charge on any atom is -0.309 e. The molecule has 0 spiro atoms. The van der Waals surface area contributed by atoms with E-state index in [2.05, 4.69) is 113 Å². The van der Waals surface area contributed by atoms with Crippen molar-refractivity contribution in [2.45, 2.75) is 45.4 Å². The number of aliphatic imine (C=N–C) groups is 1. The van der Waals surface area contributed by atoms with Crippen molar-refractivity contribution < 1.29 is 0 Å². The Morgan fingerprint density at radius 3 is 2.08 bits per heavy atom. The highest BCUT2D eigenvalue weighted by atomic mass is 15.2. The molecule has 0 saturated carbocycles. The van der Waals surface area contributed by atoms with Gasteiger partial charge < -0.3 is 4.90 Å². The van der Waals surface area contributed by atoms with Crippen LogP contribution >= 0.6 is 0 Å². The summed E-state index contributed by atoms with van der Waals surface area (Å²) in [6.45, 7) is 15.7. The first kappa shape index (κ1) is 23.8. The van der Waals surface area contributed by atoms with Crippen LogP contribution in [0.3, 0.4) is 0 Å². The molecule has 0 aliphatic carbocycles. The van der Waals surface area contributed by atoms with Crippen molar-refractivity contribution in [3.8, 4) is 0 Å². The van der Waals surface area contributed by atoms with E-state index in [0.29, 0.717) is 0 Å². The molecule has 0 aromatic heterocycles. The van der Waals surface area contributed by atoms with Gasteiger partial charge in [0, 0.05) is 17.2 Å². The van der Waals surface area contributed by atoms with E-state index >= 15 is 0 Å². The fraction of sp³-hybridized carbons (Fsp3) is 0.206. The molecule has 0 atom stereocenters. The predicted octanol–water partition coefficient (Wildman–Crippen LogP) is 9.18. The third kappa shape index (κ3) is 4.18. The summed E-state index contributed by atoms with van der Waals surface area (Å²) in [5.74, 6) is 0. The van der Waals surface area contributed by atoms with Crippen LogP contribution in [0.4, 0.5) is 17.1 Å². The maximum atomic E-state index is 4.76. The van der Waals surface area contributed by atoms with E-state index in [-0.39, 0.29) is 10.8 Å². The molecule has 0 unspecified atom stereocenters. The molecule has 1 aliphatic rings. The number of benzene rings is 4. The zero-order valence-electron chi connectivity index (χ0n) is 21.9. The molecular formula is C34H34N2. The van der Waals surface area contributed by atoms with Gasteiger partial charge >= 0.3 is 0 Å². The summed E-state index contributed by atoms with van der Waals surface area (Å²) < 4.78 is 0. The van der Waals surface area contributed by atoms with Crippen LogP contribution in [0.15, 0.2) is 109 Å². The Balaban J connectivity index is 1.67. The van der Waals surface area contributed by atoms with Crippen LogP contribution in [0.1, 0.15) is 62.4 Å². The van der Waals surface area contributed by atoms with Gasteiger partial charge in [-0.05, 0) is 45.9 Å². The maximum Gasteiger partial charge on any atom is 0.0630 e. The van der Waals surface area contributed by atoms with Gasteiger partial charge in [-0.15, -0.1) is 0 Å². The van der Waals surface area contributed by atoms with Crippen LogP contribution in [0, 0.1) is 0 Å². The van der Waals surface area contributed by atoms with Crippen LogP contribution in [-0.4, -0.2) is 6.21 Å². The summed E-state index contributed by atoms with van der Waals surface area (Å²) in [6.07, 6.45) is 1.94. The molecule has 1 heterocycles. The molecule has 0 amide bonds. The lowest BCUT2D eigenvalue weighted by Gasteiger charge is -2.43. The lowest BCUT2D eigenvalue weighted by Crippen LogP contribution is -2.31. The number of hydrogen-bond donors (Lipinski definition) is 0. The zero-order valence-corrected chi connectivity index (χ0v) is 21.9. The highest BCUT2D eigenvalue weighted by molar-refractivity contribution is 5.97. The number of hydrogen-bond acceptors (Lipinski definition) is 2. The number of fused-ring (bicyclic) bond motifs is 2. The Hall–Kier alpha value is -3.91. The average Bonchev–Trinajstić information content (AvgIpc) is 2.88. The van der Waals surface area contributed by atoms with Crippen LogP contribution < -0.4 is 4.90 Å². The van der Waals surface area contributed by atoms with Gasteiger partial charge in [-0.25, -0.2) is 0 Å². The third-order valence-corrected chi connectivity index (χ3v) is 7.24. The first-order valence-electron chi connectivity index (χ1n) is 12.6. The molecule has 180 valence electrons. The molecule has 0 fully saturated rings. The van der Waals surface area contributed by atoms with Crippen molar-refractivity contribution in [3.63, 3.8) is 0 Å². The fourth-order valence-corrected chi connectivity index (χ4v) is 5.08. The molecule has 36 heavy (non-hydrogen) atoms. The van der Waals surface area contributed by atoms with Crippen LogP contribution in [0.25, 0.3) is 5.70 Å². The molecule has 0 saturated heterocycles. The number of anilines is 3. The molecule has 1 aliphatic heterocycles. The number of nitrogens with zero attached hydrogens (tertiary/aromatic N) is 2. The Kier molecular flexibility index (Phi) is 5.92. The smallest absolute Gasteiger partial charge is 0.0630 e. The van der Waals surface area contributed by atoms with Gasteiger partial charge in [0.25, 0.3) is 0 Å². The van der Waals surface area contributed by atoms with Crippen molar-refractivity contribution in [2.75, 3.05) is 4.90 Å². The molecule has 4 aromatic rings. The van der Waals surface area contributed by atoms with Crippen LogP contribution in [0.5, 0.6) is 0 Å². The Morgan fingerprint density at radius 1 is 0.750 bits per heavy atom. The van der Waals surface area contributed by atoms with Crippen molar-refractivity contribution in [2.24, 2.45) is 4.99 Å². The Bertz CT molecular complexity index is 1450. The second-order valence-electron chi connectivity index (χ2n) is 11.1. The summed E-state index contributed by atoms with van der Waals surface area (Å²) >= 11 is 0. The van der Waals surface area contributed by atoms with Crippen molar-refractivity contribution in [1.82, 2.24) is 0 Å². The van der Waals surface area contributed by atoms with Gasteiger partial charge in [0.05, 0.1) is 22.8 Å². The van der Waals surface area contributed by atoms with E-state index < -0.39 is 0 Å². The maximum absolute atomic E-state index is 4.76. The standard InChI is InChI=1S/C34H34N2/c1-24(25-14-8-7-9-15-25)35-23-26-16-10-12-18-30(26)36-31-19-13-11-17-28(31)34(5,6)29-22-27(33(2,3)4)20-21-32(29)36/h7-23H,1H2,2-6H3. The van der Waals surface area contributed by atoms with E-state index in [1.54, 1.807) is 0 Å². The van der Waals surface area contributed by atoms with Gasteiger partial charge in [-0.1, -0.05) is 120 Å². The minimum atomic E-state index is -0.117. The molecule has 0 bridgehead atoms. The number of para-hydroxylation sites is 2. The summed E-state index contributed by atoms with van der Waals surface area (Å²) in [5, 5.41) is 0. The van der Waals surface area contributed by atoms with E-state index in [1.807, 2.05) is 36.5 Å². The van der Waals surface area contributed by atoms with Crippen LogP contribution in [-0.2, 0) is 10.8 Å². The molecule has 5 rings (SSSR count). The van der Waals surface area contributed by atoms with Gasteiger partial charge in [-0.2, -0.15) is 0 Å². The van der Waals surface area contributed by atoms with Gasteiger partial charge in [0.2, 0.25) is 0 Å². The third-order valence-electron chi connectivity index (χ3n) is 7.24. The first-order chi connectivity index (χ1) is 17.2. The van der Waals surface area contributed by atoms with Crippen molar-refractivity contribution in [3.05, 3.63) is 131 Å². The molecular weight excluding hydrogens is 436 g/mol. The summed E-state index contributed by atoms with van der Waals surface area (Å²) in [5.41, 5.74) is 10.3. The van der Waals surface area contributed by atoms with Crippen LogP contribution in [0.2, 0.25) is 0 Å². The van der Waals surface area contributed by atoms with E-state index in [0.717, 1.165) is 22.5 Å². The highest BCUT2D eigenvalue weighted by Gasteiger charge is 2.37. The number of rotatable bonds is 4. The fourth-order valence-electron chi connectivity index (χ4n) is 5.08. The lowest BCUT2D eigenvalue weighted by atomic mass is 9.71. The zero-order chi connectivity index (χ0) is 25.5. The normalized spacial score (nSPS) is 14.4.